The molecule has 1 N–H and O–H groups in total. The fourth-order valence-corrected chi connectivity index (χ4v) is 9.88. The molecule has 1 aromatic heterocycles. The van der Waals surface area contributed by atoms with Gasteiger partial charge in [0.2, 0.25) is 0 Å². The lowest BCUT2D eigenvalue weighted by atomic mass is 9.73. The van der Waals surface area contributed by atoms with Crippen LogP contribution in [0.2, 0.25) is 0 Å². The number of halogens is 1. The van der Waals surface area contributed by atoms with Crippen molar-refractivity contribution in [2.45, 2.75) is 180 Å². The molecule has 2 aromatic rings. The number of amides is 1. The number of ketones is 2. The van der Waals surface area contributed by atoms with E-state index in [1.807, 2.05) is 57.0 Å². The van der Waals surface area contributed by atoms with E-state index in [-0.39, 0.29) is 37.3 Å². The van der Waals surface area contributed by atoms with E-state index in [0.29, 0.717) is 25.8 Å². The van der Waals surface area contributed by atoms with Crippen LogP contribution in [0.5, 0.6) is 0 Å². The van der Waals surface area contributed by atoms with Crippen molar-refractivity contribution < 1.29 is 52.4 Å². The third kappa shape index (κ3) is 9.00. The first kappa shape index (κ1) is 47.5. The molecule has 0 unspecified atom stereocenters. The van der Waals surface area contributed by atoms with E-state index in [4.69, 9.17) is 23.7 Å². The smallest absolute Gasteiger partial charge is 0.410 e. The van der Waals surface area contributed by atoms with Gasteiger partial charge in [-0.2, -0.15) is 15.0 Å². The predicted molar refractivity (Wildman–Crippen MR) is 220 cm³/mol. The number of esters is 1. The van der Waals surface area contributed by atoms with Crippen LogP contribution >= 0.6 is 0 Å². The summed E-state index contributed by atoms with van der Waals surface area (Å²) in [6.45, 7) is 18.9. The number of rotatable bonds is 11. The van der Waals surface area contributed by atoms with Crippen LogP contribution in [0.15, 0.2) is 24.3 Å². The molecule has 60 heavy (non-hydrogen) atoms. The number of aryl methyl sites for hydroxylation is 1. The van der Waals surface area contributed by atoms with E-state index in [2.05, 4.69) is 10.2 Å². The van der Waals surface area contributed by atoms with Gasteiger partial charge in [0.05, 0.1) is 30.4 Å². The van der Waals surface area contributed by atoms with Crippen LogP contribution in [0.1, 0.15) is 108 Å². The Balaban J connectivity index is 1.51. The van der Waals surface area contributed by atoms with Crippen LogP contribution in [0, 0.1) is 17.8 Å². The number of methoxy groups -OCH3 is 1. The highest BCUT2D eigenvalue weighted by atomic mass is 19.1. The van der Waals surface area contributed by atoms with Gasteiger partial charge < -0.3 is 33.7 Å². The number of alkyl halides is 1. The molecule has 0 spiro atoms. The molecular weight excluding hydrogens is 778 g/mol. The zero-order valence-corrected chi connectivity index (χ0v) is 37.8. The minimum atomic E-state index is -3.19. The molecule has 3 aliphatic heterocycles. The Morgan fingerprint density at radius 1 is 0.983 bits per heavy atom. The number of aromatic nitrogens is 3. The van der Waals surface area contributed by atoms with Gasteiger partial charge in [0.1, 0.15) is 29.0 Å². The molecule has 4 heterocycles. The number of aliphatic hydroxyl groups is 1. The number of cyclic esters (lactones) is 1. The minimum absolute atomic E-state index is 0.0138. The number of hydrogen-bond acceptors (Lipinski definition) is 13. The highest BCUT2D eigenvalue weighted by molar-refractivity contribution is 6.08. The number of likely N-dealkylation sites (N-methyl/N-ethyl adjacent to an activating group) is 1. The van der Waals surface area contributed by atoms with Crippen molar-refractivity contribution >= 4 is 34.7 Å². The van der Waals surface area contributed by atoms with Gasteiger partial charge >= 0.3 is 12.1 Å². The fourth-order valence-electron chi connectivity index (χ4n) is 9.88. The lowest BCUT2D eigenvalue weighted by Gasteiger charge is -2.52. The maximum Gasteiger partial charge on any atom is 0.410 e. The first-order chi connectivity index (χ1) is 27.9. The molecule has 3 saturated heterocycles. The number of benzene rings is 1. The monoisotopic (exact) mass is 845 g/mol. The number of aliphatic hydroxyl groups excluding tert-OH is 1. The number of unbranched alkanes of at least 4 members (excludes halogenated alkanes) is 1. The molecule has 13 atom stereocenters. The van der Waals surface area contributed by atoms with E-state index in [0.717, 1.165) is 18.0 Å². The second-order valence-electron chi connectivity index (χ2n) is 18.4. The van der Waals surface area contributed by atoms with Crippen LogP contribution in [0.4, 0.5) is 9.18 Å². The molecule has 3 fully saturated rings. The first-order valence-corrected chi connectivity index (χ1v) is 21.5. The van der Waals surface area contributed by atoms with Crippen molar-refractivity contribution in [1.82, 2.24) is 24.8 Å². The van der Waals surface area contributed by atoms with Gasteiger partial charge in [0.25, 0.3) is 5.67 Å². The lowest BCUT2D eigenvalue weighted by molar-refractivity contribution is -0.355. The van der Waals surface area contributed by atoms with Gasteiger partial charge in [-0.25, -0.2) is 14.0 Å². The Labute approximate surface area is 353 Å². The molecule has 0 saturated carbocycles. The number of nitrogens with zero attached hydrogens (tertiary/aromatic N) is 5. The molecule has 1 amide bonds. The topological polar surface area (TPSA) is 172 Å². The van der Waals surface area contributed by atoms with Crippen molar-refractivity contribution in [3.05, 3.63) is 24.3 Å². The van der Waals surface area contributed by atoms with Crippen LogP contribution < -0.4 is 0 Å². The molecule has 0 aliphatic carbocycles. The average molecular weight is 846 g/mol. The molecule has 0 bridgehead atoms. The summed E-state index contributed by atoms with van der Waals surface area (Å²) in [6, 6.07) is 6.27. The summed E-state index contributed by atoms with van der Waals surface area (Å²) in [4.78, 5) is 62.2. The molecule has 5 rings (SSSR count). The average Bonchev–Trinajstić information content (AvgIpc) is 3.73. The fraction of sp³-hybridized carbons (Fsp3) is 0.773. The summed E-state index contributed by atoms with van der Waals surface area (Å²) in [5, 5.41) is 21.0. The molecule has 336 valence electrons. The van der Waals surface area contributed by atoms with Crippen molar-refractivity contribution in [3.8, 4) is 0 Å². The Kier molecular flexibility index (Phi) is 14.3. The third-order valence-electron chi connectivity index (χ3n) is 13.6. The van der Waals surface area contributed by atoms with Crippen LogP contribution in [0.25, 0.3) is 11.0 Å². The Bertz CT molecular complexity index is 1840. The van der Waals surface area contributed by atoms with Crippen LogP contribution in [-0.2, 0) is 44.6 Å². The number of carbonyl (C=O) groups excluding carboxylic acids is 4. The Morgan fingerprint density at radius 2 is 1.58 bits per heavy atom. The summed E-state index contributed by atoms with van der Waals surface area (Å²) < 4.78 is 48.2. The summed E-state index contributed by atoms with van der Waals surface area (Å²) in [7, 11) is 3.31. The van der Waals surface area contributed by atoms with E-state index in [1.54, 1.807) is 46.3 Å². The van der Waals surface area contributed by atoms with Gasteiger partial charge in [-0.05, 0) is 99.8 Å². The highest BCUT2D eigenvalue weighted by Crippen LogP contribution is 2.45. The maximum absolute atomic E-state index is 17.0. The van der Waals surface area contributed by atoms with Gasteiger partial charge in [0.15, 0.2) is 17.2 Å². The van der Waals surface area contributed by atoms with Crippen molar-refractivity contribution in [2.75, 3.05) is 20.7 Å². The number of fused-ring (bicyclic) bond motifs is 2. The summed E-state index contributed by atoms with van der Waals surface area (Å²) in [5.41, 5.74) is -4.73. The summed E-state index contributed by atoms with van der Waals surface area (Å²) in [6.07, 6.45) is -3.21. The molecule has 1 aromatic carbocycles. The van der Waals surface area contributed by atoms with Gasteiger partial charge in [-0.15, -0.1) is 0 Å². The zero-order valence-electron chi connectivity index (χ0n) is 37.8. The number of Topliss-reactive ketones (excluding diaryl/α,β-unsaturated/α-hetero) is 2. The summed E-state index contributed by atoms with van der Waals surface area (Å²) >= 11 is 0. The van der Waals surface area contributed by atoms with E-state index in [9.17, 15) is 24.3 Å². The first-order valence-electron chi connectivity index (χ1n) is 21.5. The zero-order chi connectivity index (χ0) is 44.7. The van der Waals surface area contributed by atoms with E-state index < -0.39 is 88.7 Å². The Morgan fingerprint density at radius 3 is 2.15 bits per heavy atom. The predicted octanol–water partition coefficient (Wildman–Crippen LogP) is 5.68. The number of hydrogen-bond donors (Lipinski definition) is 1. The highest BCUT2D eigenvalue weighted by Gasteiger charge is 2.62. The number of carbonyl (C=O) groups is 4. The van der Waals surface area contributed by atoms with Gasteiger partial charge in [-0.3, -0.25) is 14.5 Å². The van der Waals surface area contributed by atoms with E-state index in [1.165, 1.54) is 18.9 Å². The van der Waals surface area contributed by atoms with Crippen LogP contribution in [-0.4, -0.2) is 139 Å². The van der Waals surface area contributed by atoms with Gasteiger partial charge in [-0.1, -0.05) is 39.8 Å². The Hall–Kier alpha value is -3.57. The third-order valence-corrected chi connectivity index (χ3v) is 13.6. The normalized spacial score (nSPS) is 38.6. The van der Waals surface area contributed by atoms with Crippen molar-refractivity contribution in [3.63, 3.8) is 0 Å². The van der Waals surface area contributed by atoms with Crippen molar-refractivity contribution in [1.29, 1.82) is 0 Å². The largest absolute Gasteiger partial charge is 0.455 e. The molecule has 15 nitrogen and oxygen atoms in total. The van der Waals surface area contributed by atoms with Gasteiger partial charge in [0, 0.05) is 43.5 Å². The molecule has 0 radical (unpaired) electrons. The quantitative estimate of drug-likeness (QED) is 0.167. The minimum Gasteiger partial charge on any atom is -0.455 e. The second-order valence-corrected chi connectivity index (χ2v) is 18.4. The molecular formula is C44H68FN5O10. The SMILES string of the molecule is CC[C@H]1OC(=O)[C@@](C)(F)C(=O)[C@H](C)[C@@H](O[C@]2(C)O[C@H](C)C[C@H](N(C)C(C)C)[C@H]2O)[C@](C)(OC)C[C@@H](C)C(=O)[C@H](C)[C@H]2N(CCCCn3nc4ccccc4n3)C(=O)O[C@]12C. The summed E-state index contributed by atoms with van der Waals surface area (Å²) in [5.74, 6) is -7.57. The second kappa shape index (κ2) is 18.0. The van der Waals surface area contributed by atoms with E-state index >= 15 is 4.39 Å². The molecule has 3 aliphatic rings. The standard InChI is InChI=1S/C44H68FN5O10/c1-14-33-43(10)35(49(40(55)60-43)21-17-18-22-50-46-30-19-15-16-20-31(30)47-50)28(6)34(51)26(4)24-41(8,56-13)38(29(7)36(52)42(9,45)39(54)57-33)59-44(11)37(53)32(23-27(5)58-44)48(12)25(2)3/h15-16,19-20,25-29,32-33,35,37-38,53H,14,17-18,21-24H2,1-13H3/t26-,27-,28+,29+,32+,33-,35-,37-,38-,41-,42+,43-,44+/m1/s1. The maximum atomic E-state index is 17.0. The lowest BCUT2D eigenvalue weighted by Crippen LogP contribution is -2.66. The van der Waals surface area contributed by atoms with Crippen LogP contribution in [0.3, 0.4) is 0 Å². The molecule has 16 heteroatoms. The van der Waals surface area contributed by atoms with Crippen molar-refractivity contribution in [2.24, 2.45) is 17.8 Å². The number of ether oxygens (including phenoxy) is 5.